The van der Waals surface area contributed by atoms with Crippen molar-refractivity contribution in [2.24, 2.45) is 0 Å². The molecule has 6 nitrogen and oxygen atoms in total. The molecule has 0 saturated heterocycles. The van der Waals surface area contributed by atoms with Gasteiger partial charge < -0.3 is 10.6 Å². The number of benzene rings is 1. The Hall–Kier alpha value is -1.89. The van der Waals surface area contributed by atoms with E-state index in [4.69, 9.17) is 0 Å². The second-order valence-electron chi connectivity index (χ2n) is 4.41. The molecule has 0 radical (unpaired) electrons. The number of hydrogen-bond donors (Lipinski definition) is 2. The predicted octanol–water partition coefficient (Wildman–Crippen LogP) is -0.148. The summed E-state index contributed by atoms with van der Waals surface area (Å²) in [7, 11) is -2.12. The van der Waals surface area contributed by atoms with Gasteiger partial charge in [-0.3, -0.25) is 9.59 Å². The van der Waals surface area contributed by atoms with Crippen LogP contribution in [0.5, 0.6) is 0 Å². The van der Waals surface area contributed by atoms with Crippen LogP contribution in [0, 0.1) is 0 Å². The van der Waals surface area contributed by atoms with Crippen molar-refractivity contribution in [3.63, 3.8) is 0 Å². The predicted molar refractivity (Wildman–Crippen MR) is 75.6 cm³/mol. The number of carbonyl (C=O) groups excluding carboxylic acids is 2. The Bertz CT molecular complexity index is 569. The van der Waals surface area contributed by atoms with E-state index >= 15 is 0 Å². The van der Waals surface area contributed by atoms with Crippen LogP contribution in [0.25, 0.3) is 0 Å². The highest BCUT2D eigenvalue weighted by Crippen LogP contribution is 2.07. The van der Waals surface area contributed by atoms with Crippen molar-refractivity contribution in [2.45, 2.75) is 18.7 Å². The first-order valence-corrected chi connectivity index (χ1v) is 7.89. The van der Waals surface area contributed by atoms with Crippen LogP contribution in [0.4, 0.5) is 0 Å². The number of likely N-dealkylation sites (N-methyl/N-ethyl adjacent to an activating group) is 1. The second-order valence-corrected chi connectivity index (χ2v) is 6.52. The van der Waals surface area contributed by atoms with Crippen molar-refractivity contribution in [3.05, 3.63) is 35.9 Å². The Labute approximate surface area is 118 Å². The van der Waals surface area contributed by atoms with Gasteiger partial charge in [0.1, 0.15) is 6.04 Å². The van der Waals surface area contributed by atoms with Gasteiger partial charge in [-0.15, -0.1) is 0 Å². The molecule has 0 aromatic heterocycles. The van der Waals surface area contributed by atoms with Gasteiger partial charge in [0.2, 0.25) is 11.8 Å². The smallest absolute Gasteiger partial charge is 0.243 e. The van der Waals surface area contributed by atoms with Crippen LogP contribution in [0.3, 0.4) is 0 Å². The van der Waals surface area contributed by atoms with E-state index in [0.29, 0.717) is 5.56 Å². The topological polar surface area (TPSA) is 92.3 Å². The highest BCUT2D eigenvalue weighted by molar-refractivity contribution is 7.90. The molecule has 0 aliphatic heterocycles. The Morgan fingerprint density at radius 2 is 1.80 bits per heavy atom. The maximum Gasteiger partial charge on any atom is 0.243 e. The summed E-state index contributed by atoms with van der Waals surface area (Å²) >= 11 is 0. The Balaban J connectivity index is 2.80. The zero-order valence-electron chi connectivity index (χ0n) is 11.4. The first-order valence-electron chi connectivity index (χ1n) is 6.07. The zero-order valence-corrected chi connectivity index (χ0v) is 12.2. The molecule has 0 aliphatic carbocycles. The van der Waals surface area contributed by atoms with E-state index in [1.165, 1.54) is 14.0 Å². The van der Waals surface area contributed by atoms with Gasteiger partial charge in [0.05, 0.1) is 11.5 Å². The van der Waals surface area contributed by atoms with Crippen molar-refractivity contribution in [3.8, 4) is 0 Å². The lowest BCUT2D eigenvalue weighted by Gasteiger charge is -2.16. The van der Waals surface area contributed by atoms with E-state index in [1.807, 2.05) is 0 Å². The Morgan fingerprint density at radius 1 is 1.20 bits per heavy atom. The highest BCUT2D eigenvalue weighted by Gasteiger charge is 2.25. The number of hydrogen-bond acceptors (Lipinski definition) is 4. The largest absolute Gasteiger partial charge is 0.357 e. The third kappa shape index (κ3) is 5.40. The van der Waals surface area contributed by atoms with Crippen molar-refractivity contribution in [1.82, 2.24) is 10.6 Å². The standard InChI is InChI=1S/C13H18N2O4S/c1-10(16)15-12(13(17)14-2)9-20(18,19)8-11-6-4-3-5-7-11/h3-7,12H,8-9H2,1-2H3,(H,14,17)(H,15,16). The number of sulfone groups is 1. The van der Waals surface area contributed by atoms with Gasteiger partial charge >= 0.3 is 0 Å². The average Bonchev–Trinajstić information content (AvgIpc) is 2.36. The second kappa shape index (κ2) is 7.04. The van der Waals surface area contributed by atoms with E-state index in [1.54, 1.807) is 30.3 Å². The summed E-state index contributed by atoms with van der Waals surface area (Å²) in [6, 6.07) is 7.60. The molecule has 0 heterocycles. The molecule has 1 rings (SSSR count). The Morgan fingerprint density at radius 3 is 2.30 bits per heavy atom. The summed E-state index contributed by atoms with van der Waals surface area (Å²) in [6.45, 7) is 1.24. The van der Waals surface area contributed by atoms with E-state index in [9.17, 15) is 18.0 Å². The molecule has 1 aromatic carbocycles. The summed E-state index contributed by atoms with van der Waals surface area (Å²) in [5.74, 6) is -1.58. The molecule has 0 fully saturated rings. The minimum absolute atomic E-state index is 0.166. The monoisotopic (exact) mass is 298 g/mol. The normalized spacial score (nSPS) is 12.5. The summed E-state index contributed by atoms with van der Waals surface area (Å²) < 4.78 is 24.2. The van der Waals surface area contributed by atoms with Crippen LogP contribution in [0.2, 0.25) is 0 Å². The SMILES string of the molecule is CNC(=O)C(CS(=O)(=O)Cc1ccccc1)NC(C)=O. The molecule has 20 heavy (non-hydrogen) atoms. The minimum atomic E-state index is -3.51. The molecule has 110 valence electrons. The molecule has 2 N–H and O–H groups in total. The third-order valence-corrected chi connectivity index (χ3v) is 4.20. The molecule has 7 heteroatoms. The lowest BCUT2D eigenvalue weighted by atomic mass is 10.2. The van der Waals surface area contributed by atoms with Gasteiger partial charge in [0, 0.05) is 14.0 Å². The number of nitrogens with one attached hydrogen (secondary N) is 2. The van der Waals surface area contributed by atoms with Crippen molar-refractivity contribution >= 4 is 21.7 Å². The first-order chi connectivity index (χ1) is 9.34. The summed E-state index contributed by atoms with van der Waals surface area (Å²) in [5, 5.41) is 4.68. The lowest BCUT2D eigenvalue weighted by Crippen LogP contribution is -2.49. The van der Waals surface area contributed by atoms with E-state index in [2.05, 4.69) is 10.6 Å². The van der Waals surface area contributed by atoms with E-state index in [0.717, 1.165) is 0 Å². The molecular weight excluding hydrogens is 280 g/mol. The van der Waals surface area contributed by atoms with Crippen LogP contribution in [-0.2, 0) is 25.2 Å². The number of carbonyl (C=O) groups is 2. The molecule has 0 saturated carbocycles. The van der Waals surface area contributed by atoms with E-state index in [-0.39, 0.29) is 5.75 Å². The van der Waals surface area contributed by atoms with Crippen molar-refractivity contribution < 1.29 is 18.0 Å². The molecular formula is C13H18N2O4S. The van der Waals surface area contributed by atoms with Gasteiger partial charge in [-0.25, -0.2) is 8.42 Å². The lowest BCUT2D eigenvalue weighted by molar-refractivity contribution is -0.127. The fraction of sp³-hybridized carbons (Fsp3) is 0.385. The van der Waals surface area contributed by atoms with E-state index < -0.39 is 33.4 Å². The maximum atomic E-state index is 12.1. The van der Waals surface area contributed by atoms with Gasteiger partial charge in [0.25, 0.3) is 0 Å². The number of rotatable bonds is 6. The summed E-state index contributed by atoms with van der Waals surface area (Å²) in [5.41, 5.74) is 0.644. The highest BCUT2D eigenvalue weighted by atomic mass is 32.2. The Kier molecular flexibility index (Phi) is 5.69. The fourth-order valence-electron chi connectivity index (χ4n) is 1.74. The average molecular weight is 298 g/mol. The fourth-order valence-corrected chi connectivity index (χ4v) is 3.30. The van der Waals surface area contributed by atoms with Crippen molar-refractivity contribution in [2.75, 3.05) is 12.8 Å². The van der Waals surface area contributed by atoms with Crippen LogP contribution in [0.15, 0.2) is 30.3 Å². The third-order valence-electron chi connectivity index (χ3n) is 2.59. The van der Waals surface area contributed by atoms with Crippen LogP contribution in [-0.4, -0.2) is 39.1 Å². The maximum absolute atomic E-state index is 12.1. The molecule has 2 amide bonds. The van der Waals surface area contributed by atoms with Gasteiger partial charge in [0.15, 0.2) is 9.84 Å². The van der Waals surface area contributed by atoms with Gasteiger partial charge in [-0.2, -0.15) is 0 Å². The molecule has 0 aliphatic rings. The van der Waals surface area contributed by atoms with Crippen LogP contribution in [0.1, 0.15) is 12.5 Å². The quantitative estimate of drug-likeness (QED) is 0.764. The summed E-state index contributed by atoms with van der Waals surface area (Å²) in [4.78, 5) is 22.6. The minimum Gasteiger partial charge on any atom is -0.357 e. The molecule has 1 atom stereocenters. The molecule has 1 unspecified atom stereocenters. The molecule has 1 aromatic rings. The van der Waals surface area contributed by atoms with Gasteiger partial charge in [-0.1, -0.05) is 30.3 Å². The van der Waals surface area contributed by atoms with Crippen molar-refractivity contribution in [1.29, 1.82) is 0 Å². The number of amides is 2. The zero-order chi connectivity index (χ0) is 15.2. The van der Waals surface area contributed by atoms with Gasteiger partial charge in [-0.05, 0) is 5.56 Å². The summed E-state index contributed by atoms with van der Waals surface area (Å²) in [6.07, 6.45) is 0. The molecule has 0 bridgehead atoms. The first kappa shape index (κ1) is 16.2. The molecule has 0 spiro atoms. The van der Waals surface area contributed by atoms with Crippen LogP contribution < -0.4 is 10.6 Å². The van der Waals surface area contributed by atoms with Crippen LogP contribution >= 0.6 is 0 Å².